The fourth-order valence-electron chi connectivity index (χ4n) is 7.57. The van der Waals surface area contributed by atoms with E-state index in [9.17, 15) is 0 Å². The molecule has 0 unspecified atom stereocenters. The molecule has 3 nitrogen and oxygen atoms in total. The smallest absolute Gasteiger partial charge is 0.146 e. The Balaban J connectivity index is 1.43. The van der Waals surface area contributed by atoms with Gasteiger partial charge >= 0.3 is 0 Å². The molecule has 5 aromatic carbocycles. The van der Waals surface area contributed by atoms with Gasteiger partial charge in [-0.2, -0.15) is 0 Å². The van der Waals surface area contributed by atoms with Crippen LogP contribution in [0.5, 0.6) is 0 Å². The molecule has 0 radical (unpaired) electrons. The summed E-state index contributed by atoms with van der Waals surface area (Å²) in [5, 5.41) is 6.04. The number of fused-ring (bicyclic) bond motifs is 10. The van der Waals surface area contributed by atoms with Gasteiger partial charge in [-0.05, 0) is 96.6 Å². The quantitative estimate of drug-likeness (QED) is 0.179. The summed E-state index contributed by atoms with van der Waals surface area (Å²) in [6, 6.07) is 39.9. The molecule has 0 saturated heterocycles. The molecule has 0 spiro atoms. The van der Waals surface area contributed by atoms with Crippen molar-refractivity contribution in [1.29, 1.82) is 0 Å². The van der Waals surface area contributed by atoms with E-state index in [0.717, 1.165) is 46.5 Å². The van der Waals surface area contributed by atoms with E-state index in [-0.39, 0.29) is 0 Å². The van der Waals surface area contributed by atoms with Crippen LogP contribution < -0.4 is 0 Å². The van der Waals surface area contributed by atoms with Crippen LogP contribution in [0.15, 0.2) is 140 Å². The van der Waals surface area contributed by atoms with Gasteiger partial charge in [-0.15, -0.1) is 0 Å². The number of aromatic nitrogens is 3. The summed E-state index contributed by atoms with van der Waals surface area (Å²) >= 11 is 0. The van der Waals surface area contributed by atoms with Gasteiger partial charge in [-0.3, -0.25) is 4.40 Å². The van der Waals surface area contributed by atoms with Crippen molar-refractivity contribution in [3.05, 3.63) is 157 Å². The summed E-state index contributed by atoms with van der Waals surface area (Å²) < 4.78 is 4.73. The van der Waals surface area contributed by atoms with Crippen molar-refractivity contribution in [3.8, 4) is 16.8 Å². The van der Waals surface area contributed by atoms with Crippen LogP contribution in [-0.4, -0.2) is 14.0 Å². The zero-order valence-electron chi connectivity index (χ0n) is 26.3. The Morgan fingerprint density at radius 1 is 0.681 bits per heavy atom. The molecule has 0 amide bonds. The third kappa shape index (κ3) is 4.17. The fourth-order valence-corrected chi connectivity index (χ4v) is 7.57. The zero-order chi connectivity index (χ0) is 31.5. The maximum absolute atomic E-state index is 5.20. The third-order valence-electron chi connectivity index (χ3n) is 9.56. The monoisotopic (exact) mass is 603 g/mol. The maximum atomic E-state index is 5.20. The van der Waals surface area contributed by atoms with E-state index >= 15 is 0 Å². The Hall–Kier alpha value is -5.93. The number of rotatable bonds is 5. The van der Waals surface area contributed by atoms with Crippen LogP contribution in [0, 0.1) is 0 Å². The zero-order valence-corrected chi connectivity index (χ0v) is 26.3. The van der Waals surface area contributed by atoms with Crippen LogP contribution >= 0.6 is 0 Å². The minimum absolute atomic E-state index is 0.930. The van der Waals surface area contributed by atoms with Crippen LogP contribution in [0.2, 0.25) is 0 Å². The molecule has 0 aliphatic heterocycles. The lowest BCUT2D eigenvalue weighted by Crippen LogP contribution is -1.98. The molecule has 0 fully saturated rings. The lowest BCUT2D eigenvalue weighted by atomic mass is 9.95. The first kappa shape index (κ1) is 27.4. The molecule has 0 N–H and O–H groups in total. The first-order chi connectivity index (χ1) is 23.2. The van der Waals surface area contributed by atoms with E-state index in [2.05, 4.69) is 149 Å². The predicted molar refractivity (Wildman–Crippen MR) is 201 cm³/mol. The molecule has 3 heterocycles. The van der Waals surface area contributed by atoms with Crippen LogP contribution in [0.1, 0.15) is 36.7 Å². The van der Waals surface area contributed by atoms with Gasteiger partial charge in [0.1, 0.15) is 5.65 Å². The Bertz CT molecular complexity index is 2640. The largest absolute Gasteiger partial charge is 0.309 e. The second kappa shape index (κ2) is 10.9. The van der Waals surface area contributed by atoms with Crippen molar-refractivity contribution in [3.63, 3.8) is 0 Å². The summed E-state index contributed by atoms with van der Waals surface area (Å²) in [6.07, 6.45) is 15.1. The summed E-state index contributed by atoms with van der Waals surface area (Å²) in [7, 11) is 0. The fraction of sp³-hybridized carbons (Fsp3) is 0.0682. The molecule has 1 aliphatic rings. The van der Waals surface area contributed by atoms with Gasteiger partial charge in [0.15, 0.2) is 0 Å². The predicted octanol–water partition coefficient (Wildman–Crippen LogP) is 11.8. The molecule has 8 aromatic rings. The van der Waals surface area contributed by atoms with Crippen LogP contribution in [-0.2, 0) is 0 Å². The van der Waals surface area contributed by atoms with Crippen LogP contribution in [0.4, 0.5) is 0 Å². The van der Waals surface area contributed by atoms with E-state index in [1.165, 1.54) is 54.8 Å². The van der Waals surface area contributed by atoms with Gasteiger partial charge in [0.2, 0.25) is 0 Å². The molecule has 1 aliphatic carbocycles. The lowest BCUT2D eigenvalue weighted by molar-refractivity contribution is 1.04. The lowest BCUT2D eigenvalue weighted by Gasteiger charge is -2.16. The second-order valence-corrected chi connectivity index (χ2v) is 12.3. The minimum Gasteiger partial charge on any atom is -0.309 e. The van der Waals surface area contributed by atoms with Gasteiger partial charge < -0.3 is 4.57 Å². The highest BCUT2D eigenvalue weighted by Gasteiger charge is 2.21. The Morgan fingerprint density at radius 2 is 1.43 bits per heavy atom. The Morgan fingerprint density at radius 3 is 2.19 bits per heavy atom. The van der Waals surface area contributed by atoms with Crippen molar-refractivity contribution >= 4 is 66.9 Å². The number of hydrogen-bond acceptors (Lipinski definition) is 1. The van der Waals surface area contributed by atoms with Gasteiger partial charge in [0.25, 0.3) is 0 Å². The number of benzene rings is 5. The van der Waals surface area contributed by atoms with Gasteiger partial charge in [-0.25, -0.2) is 4.98 Å². The summed E-state index contributed by atoms with van der Waals surface area (Å²) in [4.78, 5) is 5.20. The van der Waals surface area contributed by atoms with Crippen molar-refractivity contribution in [2.75, 3.05) is 0 Å². The summed E-state index contributed by atoms with van der Waals surface area (Å²) in [6.45, 7) is 6.21. The average molecular weight is 604 g/mol. The highest BCUT2D eigenvalue weighted by Crippen LogP contribution is 2.42. The molecule has 224 valence electrons. The van der Waals surface area contributed by atoms with E-state index in [1.54, 1.807) is 0 Å². The number of hydrogen-bond donors (Lipinski definition) is 0. The van der Waals surface area contributed by atoms with Crippen molar-refractivity contribution < 1.29 is 0 Å². The van der Waals surface area contributed by atoms with Crippen molar-refractivity contribution in [1.82, 2.24) is 14.0 Å². The molecule has 47 heavy (non-hydrogen) atoms. The van der Waals surface area contributed by atoms with E-state index in [1.807, 2.05) is 19.1 Å². The highest BCUT2D eigenvalue weighted by atomic mass is 15.0. The average Bonchev–Trinajstić information content (AvgIpc) is 3.68. The Kier molecular flexibility index (Phi) is 6.32. The normalized spacial score (nSPS) is 13.5. The number of nitrogens with zero attached hydrogens (tertiary/aromatic N) is 3. The summed E-state index contributed by atoms with van der Waals surface area (Å²) in [5.74, 6) is 0. The molecule has 3 aromatic heterocycles. The van der Waals surface area contributed by atoms with Gasteiger partial charge in [0, 0.05) is 32.6 Å². The standard InChI is InChI=1S/C44H33N3/c1-3-15-37-38(4-2)47-40-23-14-11-20-34(40)42-36(44(47)45-37)24-25-41-43(42)35-21-12-13-22-39(35)46(41)33-27-31(29-16-7-5-8-17-29)26-32(28-33)30-18-9-6-10-19-30/h3-5,7-9,11-28H,2,6,10H2,1H3/b15-3-. The number of imidazole rings is 1. The van der Waals surface area contributed by atoms with Crippen molar-refractivity contribution in [2.45, 2.75) is 19.8 Å². The molecule has 3 heteroatoms. The first-order valence-electron chi connectivity index (χ1n) is 16.4. The third-order valence-corrected chi connectivity index (χ3v) is 9.56. The molecule has 9 rings (SSSR count). The topological polar surface area (TPSA) is 22.2 Å². The number of allylic oxidation sites excluding steroid dienone is 5. The SMILES string of the molecule is C=Cc1c(/C=C\C)nc2c3ccc4c(c5ccccc5n4-c4cc(C5=CCCC=C5)cc(-c5ccccc5)c4)c3c3ccccc3n12. The highest BCUT2D eigenvalue weighted by molar-refractivity contribution is 6.30. The molecular weight excluding hydrogens is 571 g/mol. The minimum atomic E-state index is 0.930. The van der Waals surface area contributed by atoms with E-state index in [0.29, 0.717) is 0 Å². The molecule has 0 atom stereocenters. The molecule has 0 bridgehead atoms. The first-order valence-corrected chi connectivity index (χ1v) is 16.4. The van der Waals surface area contributed by atoms with Gasteiger partial charge in [-0.1, -0.05) is 97.6 Å². The molecule has 0 saturated carbocycles. The van der Waals surface area contributed by atoms with Crippen LogP contribution in [0.25, 0.3) is 83.7 Å². The van der Waals surface area contributed by atoms with Gasteiger partial charge in [0.05, 0.1) is 27.9 Å². The number of para-hydroxylation sites is 2. The Labute approximate surface area is 273 Å². The molecular formula is C44H33N3. The summed E-state index contributed by atoms with van der Waals surface area (Å²) in [5.41, 5.74) is 12.5. The van der Waals surface area contributed by atoms with E-state index in [4.69, 9.17) is 4.98 Å². The van der Waals surface area contributed by atoms with Crippen molar-refractivity contribution in [2.24, 2.45) is 0 Å². The second-order valence-electron chi connectivity index (χ2n) is 12.3. The number of pyridine rings is 1. The van der Waals surface area contributed by atoms with E-state index < -0.39 is 0 Å². The maximum Gasteiger partial charge on any atom is 0.146 e. The van der Waals surface area contributed by atoms with Crippen LogP contribution in [0.3, 0.4) is 0 Å².